The van der Waals surface area contributed by atoms with Gasteiger partial charge in [-0.15, -0.1) is 0 Å². The van der Waals surface area contributed by atoms with Crippen molar-refractivity contribution in [1.29, 1.82) is 0 Å². The topological polar surface area (TPSA) is 33.1 Å². The number of hydrogen-bond donors (Lipinski definition) is 1. The minimum absolute atomic E-state index is 0.722. The van der Waals surface area contributed by atoms with Crippen LogP contribution in [0.25, 0.3) is 0 Å². The molecule has 1 unspecified atom stereocenters. The highest BCUT2D eigenvalue weighted by Crippen LogP contribution is 2.27. The largest absolute Gasteiger partial charge is 0.312 e. The summed E-state index contributed by atoms with van der Waals surface area (Å²) in [6, 6.07) is 2.87. The summed E-state index contributed by atoms with van der Waals surface area (Å²) in [6.45, 7) is 4.85. The Bertz CT molecular complexity index is 422. The molecule has 2 heterocycles. The molecular weight excluding hydrogens is 260 g/mol. The first-order chi connectivity index (χ1) is 10.3. The molecule has 1 aliphatic heterocycles. The molecular formula is C17H30N4. The van der Waals surface area contributed by atoms with Crippen molar-refractivity contribution in [2.45, 2.75) is 51.0 Å². The van der Waals surface area contributed by atoms with Crippen LogP contribution < -0.4 is 5.32 Å². The number of aromatic nitrogens is 2. The fraction of sp³-hybridized carbons (Fsp3) is 0.824. The van der Waals surface area contributed by atoms with E-state index in [1.54, 1.807) is 0 Å². The van der Waals surface area contributed by atoms with E-state index in [4.69, 9.17) is 0 Å². The zero-order valence-corrected chi connectivity index (χ0v) is 13.4. The second-order valence-corrected chi connectivity index (χ2v) is 6.81. The van der Waals surface area contributed by atoms with Crippen molar-refractivity contribution in [3.05, 3.63) is 18.0 Å². The number of nitrogens with zero attached hydrogens (tertiary/aromatic N) is 3. The van der Waals surface area contributed by atoms with E-state index in [9.17, 15) is 0 Å². The summed E-state index contributed by atoms with van der Waals surface area (Å²) in [5.74, 6) is 0.913. The van der Waals surface area contributed by atoms with Crippen molar-refractivity contribution in [2.75, 3.05) is 26.2 Å². The van der Waals surface area contributed by atoms with Crippen LogP contribution in [0.3, 0.4) is 0 Å². The van der Waals surface area contributed by atoms with Gasteiger partial charge in [0.25, 0.3) is 0 Å². The fourth-order valence-corrected chi connectivity index (χ4v) is 4.00. The number of aryl methyl sites for hydroxylation is 1. The molecule has 3 rings (SSSR count). The van der Waals surface area contributed by atoms with Gasteiger partial charge in [-0.1, -0.05) is 19.3 Å². The van der Waals surface area contributed by atoms with Gasteiger partial charge < -0.3 is 10.2 Å². The molecule has 2 aliphatic rings. The molecule has 0 spiro atoms. The van der Waals surface area contributed by atoms with Crippen LogP contribution in [0.15, 0.2) is 12.3 Å². The summed E-state index contributed by atoms with van der Waals surface area (Å²) in [4.78, 5) is 2.67. The lowest BCUT2D eigenvalue weighted by Gasteiger charge is -2.33. The second-order valence-electron chi connectivity index (χ2n) is 6.81. The molecule has 0 aromatic carbocycles. The lowest BCUT2D eigenvalue weighted by molar-refractivity contribution is 0.207. The predicted molar refractivity (Wildman–Crippen MR) is 86.3 cm³/mol. The van der Waals surface area contributed by atoms with Gasteiger partial charge in [-0.2, -0.15) is 5.10 Å². The first-order valence-electron chi connectivity index (χ1n) is 8.75. The Hall–Kier alpha value is -0.870. The predicted octanol–water partition coefficient (Wildman–Crippen LogP) is 2.21. The van der Waals surface area contributed by atoms with Crippen LogP contribution in [0.4, 0.5) is 0 Å². The molecule has 4 heteroatoms. The van der Waals surface area contributed by atoms with Crippen molar-refractivity contribution in [3.63, 3.8) is 0 Å². The molecule has 1 aromatic rings. The maximum absolute atomic E-state index is 4.27. The van der Waals surface area contributed by atoms with E-state index in [1.165, 1.54) is 70.4 Å². The van der Waals surface area contributed by atoms with Gasteiger partial charge in [-0.25, -0.2) is 0 Å². The standard InChI is InChI=1S/C17H30N4/c1-20-16(8-11-19-20)9-13-21-12-5-10-18-17(14-21)15-6-3-2-4-7-15/h8,11,15,17-18H,2-7,9-10,12-14H2,1H3. The first kappa shape index (κ1) is 15.0. The maximum atomic E-state index is 4.27. The molecule has 2 fully saturated rings. The van der Waals surface area contributed by atoms with Crippen LogP contribution in [-0.2, 0) is 13.5 Å². The smallest absolute Gasteiger partial charge is 0.0492 e. The van der Waals surface area contributed by atoms with Crippen molar-refractivity contribution >= 4 is 0 Å². The molecule has 4 nitrogen and oxygen atoms in total. The van der Waals surface area contributed by atoms with Crippen LogP contribution in [0.1, 0.15) is 44.2 Å². The Morgan fingerprint density at radius 3 is 2.86 bits per heavy atom. The van der Waals surface area contributed by atoms with Crippen LogP contribution in [0, 0.1) is 5.92 Å². The van der Waals surface area contributed by atoms with E-state index in [0.29, 0.717) is 0 Å². The summed E-state index contributed by atoms with van der Waals surface area (Å²) in [6.07, 6.45) is 11.5. The summed E-state index contributed by atoms with van der Waals surface area (Å²) in [5.41, 5.74) is 1.35. The van der Waals surface area contributed by atoms with Gasteiger partial charge in [-0.3, -0.25) is 4.68 Å². The molecule has 1 saturated carbocycles. The van der Waals surface area contributed by atoms with Gasteiger partial charge in [0, 0.05) is 44.5 Å². The molecule has 0 bridgehead atoms. The summed E-state index contributed by atoms with van der Waals surface area (Å²) in [7, 11) is 2.05. The van der Waals surface area contributed by atoms with Gasteiger partial charge in [0.05, 0.1) is 0 Å². The molecule has 0 amide bonds. The average Bonchev–Trinajstić information content (AvgIpc) is 2.79. The van der Waals surface area contributed by atoms with E-state index < -0.39 is 0 Å². The van der Waals surface area contributed by atoms with Crippen molar-refractivity contribution < 1.29 is 0 Å². The molecule has 1 aliphatic carbocycles. The molecule has 1 N–H and O–H groups in total. The first-order valence-corrected chi connectivity index (χ1v) is 8.75. The highest BCUT2D eigenvalue weighted by atomic mass is 15.3. The molecule has 0 radical (unpaired) electrons. The van der Waals surface area contributed by atoms with Gasteiger partial charge in [-0.05, 0) is 44.3 Å². The number of nitrogens with one attached hydrogen (secondary N) is 1. The van der Waals surface area contributed by atoms with E-state index in [2.05, 4.69) is 21.4 Å². The quantitative estimate of drug-likeness (QED) is 0.923. The second kappa shape index (κ2) is 7.41. The minimum atomic E-state index is 0.722. The Labute approximate surface area is 128 Å². The average molecular weight is 290 g/mol. The summed E-state index contributed by atoms with van der Waals surface area (Å²) < 4.78 is 2.01. The monoisotopic (exact) mass is 290 g/mol. The molecule has 1 atom stereocenters. The van der Waals surface area contributed by atoms with Gasteiger partial charge in [0.1, 0.15) is 0 Å². The van der Waals surface area contributed by atoms with Crippen LogP contribution >= 0.6 is 0 Å². The zero-order chi connectivity index (χ0) is 14.5. The molecule has 1 aromatic heterocycles. The Morgan fingerprint density at radius 2 is 2.10 bits per heavy atom. The zero-order valence-electron chi connectivity index (χ0n) is 13.4. The van der Waals surface area contributed by atoms with E-state index >= 15 is 0 Å². The Balaban J connectivity index is 1.53. The SMILES string of the molecule is Cn1nccc1CCN1CCCNC(C2CCCCC2)C1. The van der Waals surface area contributed by atoms with Crippen molar-refractivity contribution in [1.82, 2.24) is 20.0 Å². The van der Waals surface area contributed by atoms with E-state index in [-0.39, 0.29) is 0 Å². The molecule has 1 saturated heterocycles. The Morgan fingerprint density at radius 1 is 1.24 bits per heavy atom. The number of hydrogen-bond acceptors (Lipinski definition) is 3. The normalized spacial score (nSPS) is 25.9. The van der Waals surface area contributed by atoms with Gasteiger partial charge in [0.15, 0.2) is 0 Å². The lowest BCUT2D eigenvalue weighted by atomic mass is 9.83. The maximum Gasteiger partial charge on any atom is 0.0492 e. The van der Waals surface area contributed by atoms with Crippen LogP contribution in [-0.4, -0.2) is 46.9 Å². The van der Waals surface area contributed by atoms with Crippen LogP contribution in [0.5, 0.6) is 0 Å². The minimum Gasteiger partial charge on any atom is -0.312 e. The Kier molecular flexibility index (Phi) is 5.31. The van der Waals surface area contributed by atoms with Gasteiger partial charge >= 0.3 is 0 Å². The van der Waals surface area contributed by atoms with Crippen LogP contribution in [0.2, 0.25) is 0 Å². The molecule has 118 valence electrons. The summed E-state index contributed by atoms with van der Waals surface area (Å²) in [5, 5.41) is 8.10. The van der Waals surface area contributed by atoms with Gasteiger partial charge in [0.2, 0.25) is 0 Å². The number of rotatable bonds is 4. The van der Waals surface area contributed by atoms with E-state index in [1.807, 2.05) is 17.9 Å². The third kappa shape index (κ3) is 4.07. The lowest BCUT2D eigenvalue weighted by Crippen LogP contribution is -2.44. The van der Waals surface area contributed by atoms with Crippen molar-refractivity contribution in [3.8, 4) is 0 Å². The fourth-order valence-electron chi connectivity index (χ4n) is 4.00. The van der Waals surface area contributed by atoms with E-state index in [0.717, 1.165) is 18.4 Å². The highest BCUT2D eigenvalue weighted by Gasteiger charge is 2.26. The third-order valence-corrected chi connectivity index (χ3v) is 5.34. The molecule has 21 heavy (non-hydrogen) atoms. The summed E-state index contributed by atoms with van der Waals surface area (Å²) >= 11 is 0. The van der Waals surface area contributed by atoms with Crippen molar-refractivity contribution in [2.24, 2.45) is 13.0 Å². The third-order valence-electron chi connectivity index (χ3n) is 5.34. The highest BCUT2D eigenvalue weighted by molar-refractivity contribution is 5.00.